The molecule has 4 nitrogen and oxygen atoms in total. The van der Waals surface area contributed by atoms with Gasteiger partial charge in [0, 0.05) is 6.54 Å². The molecule has 3 N–H and O–H groups in total. The van der Waals surface area contributed by atoms with Crippen LogP contribution >= 0.6 is 0 Å². The van der Waals surface area contributed by atoms with Gasteiger partial charge in [-0.3, -0.25) is 4.79 Å². The molecule has 0 amide bonds. The van der Waals surface area contributed by atoms with Crippen molar-refractivity contribution in [2.24, 2.45) is 17.8 Å². The third kappa shape index (κ3) is 4.45. The van der Waals surface area contributed by atoms with Crippen molar-refractivity contribution < 1.29 is 15.0 Å². The fourth-order valence-electron chi connectivity index (χ4n) is 3.83. The Morgan fingerprint density at radius 1 is 1.25 bits per heavy atom. The Labute approximate surface area is 122 Å². The van der Waals surface area contributed by atoms with E-state index in [0.29, 0.717) is 32.2 Å². The molecule has 2 atom stereocenters. The minimum Gasteiger partial charge on any atom is -0.481 e. The van der Waals surface area contributed by atoms with Gasteiger partial charge in [0.05, 0.1) is 11.5 Å². The molecule has 0 aromatic carbocycles. The number of hydrogen-bond acceptors (Lipinski definition) is 3. The van der Waals surface area contributed by atoms with E-state index in [4.69, 9.17) is 5.11 Å². The number of carboxylic acid groups (broad SMARTS) is 1. The summed E-state index contributed by atoms with van der Waals surface area (Å²) in [4.78, 5) is 10.9. The number of rotatable bonds is 5. The highest BCUT2D eigenvalue weighted by atomic mass is 16.4. The molecule has 2 saturated carbocycles. The average molecular weight is 283 g/mol. The van der Waals surface area contributed by atoms with Crippen LogP contribution < -0.4 is 5.32 Å². The minimum absolute atomic E-state index is 0.255. The zero-order valence-corrected chi connectivity index (χ0v) is 12.6. The highest BCUT2D eigenvalue weighted by molar-refractivity contribution is 5.70. The second kappa shape index (κ2) is 6.90. The summed E-state index contributed by atoms with van der Waals surface area (Å²) in [6, 6.07) is 0. The number of aliphatic hydroxyl groups is 1. The van der Waals surface area contributed by atoms with E-state index >= 15 is 0 Å². The predicted octanol–water partition coefficient (Wildman–Crippen LogP) is 2.41. The Bertz CT molecular complexity index is 324. The van der Waals surface area contributed by atoms with Gasteiger partial charge in [-0.05, 0) is 56.9 Å². The zero-order chi connectivity index (χ0) is 14.6. The largest absolute Gasteiger partial charge is 0.481 e. The van der Waals surface area contributed by atoms with E-state index in [0.717, 1.165) is 18.4 Å². The lowest BCUT2D eigenvalue weighted by molar-refractivity contribution is -0.144. The van der Waals surface area contributed by atoms with Gasteiger partial charge in [-0.15, -0.1) is 0 Å². The molecule has 0 radical (unpaired) electrons. The van der Waals surface area contributed by atoms with Crippen LogP contribution in [0.3, 0.4) is 0 Å². The molecule has 2 unspecified atom stereocenters. The van der Waals surface area contributed by atoms with Crippen molar-refractivity contribution in [3.8, 4) is 0 Å². The van der Waals surface area contributed by atoms with Crippen molar-refractivity contribution in [2.75, 3.05) is 13.1 Å². The maximum absolute atomic E-state index is 10.9. The van der Waals surface area contributed by atoms with E-state index < -0.39 is 11.6 Å². The Morgan fingerprint density at radius 3 is 2.55 bits per heavy atom. The van der Waals surface area contributed by atoms with E-state index in [2.05, 4.69) is 12.2 Å². The second-order valence-corrected chi connectivity index (χ2v) is 7.11. The second-order valence-electron chi connectivity index (χ2n) is 7.11. The summed E-state index contributed by atoms with van der Waals surface area (Å²) < 4.78 is 0. The van der Waals surface area contributed by atoms with Gasteiger partial charge in [0.2, 0.25) is 0 Å². The van der Waals surface area contributed by atoms with E-state index in [1.165, 1.54) is 25.7 Å². The molecule has 2 aliphatic carbocycles. The van der Waals surface area contributed by atoms with Crippen LogP contribution in [0.5, 0.6) is 0 Å². The Hall–Kier alpha value is -0.610. The fraction of sp³-hybridized carbons (Fsp3) is 0.938. The molecule has 0 heterocycles. The maximum Gasteiger partial charge on any atom is 0.306 e. The lowest BCUT2D eigenvalue weighted by Gasteiger charge is -2.35. The quantitative estimate of drug-likeness (QED) is 0.724. The maximum atomic E-state index is 10.9. The predicted molar refractivity (Wildman–Crippen MR) is 78.5 cm³/mol. The fourth-order valence-corrected chi connectivity index (χ4v) is 3.83. The summed E-state index contributed by atoms with van der Waals surface area (Å²) >= 11 is 0. The summed E-state index contributed by atoms with van der Waals surface area (Å²) in [6.07, 6.45) is 7.72. The number of carboxylic acids is 1. The molecular formula is C16H29NO3. The number of carbonyl (C=O) groups is 1. The Morgan fingerprint density at radius 2 is 1.95 bits per heavy atom. The number of nitrogens with one attached hydrogen (secondary N) is 1. The first-order valence-corrected chi connectivity index (χ1v) is 8.14. The van der Waals surface area contributed by atoms with Crippen molar-refractivity contribution in [1.82, 2.24) is 5.32 Å². The molecule has 0 aromatic rings. The Balaban J connectivity index is 1.67. The van der Waals surface area contributed by atoms with E-state index in [9.17, 15) is 9.90 Å². The molecule has 0 bridgehead atoms. The molecule has 4 heteroatoms. The van der Waals surface area contributed by atoms with Crippen LogP contribution in [0, 0.1) is 17.8 Å². The van der Waals surface area contributed by atoms with Crippen molar-refractivity contribution in [1.29, 1.82) is 0 Å². The average Bonchev–Trinajstić information content (AvgIpc) is 2.39. The van der Waals surface area contributed by atoms with Crippen molar-refractivity contribution in [2.45, 2.75) is 63.9 Å². The molecular weight excluding hydrogens is 254 g/mol. The van der Waals surface area contributed by atoms with Crippen LogP contribution in [0.15, 0.2) is 0 Å². The third-order valence-corrected chi connectivity index (χ3v) is 5.20. The van der Waals surface area contributed by atoms with E-state index in [-0.39, 0.29) is 5.92 Å². The molecule has 0 saturated heterocycles. The van der Waals surface area contributed by atoms with Gasteiger partial charge in [0.15, 0.2) is 0 Å². The van der Waals surface area contributed by atoms with Gasteiger partial charge in [-0.25, -0.2) is 0 Å². The van der Waals surface area contributed by atoms with Gasteiger partial charge in [0.1, 0.15) is 0 Å². The molecule has 2 rings (SSSR count). The van der Waals surface area contributed by atoms with Gasteiger partial charge in [0.25, 0.3) is 0 Å². The van der Waals surface area contributed by atoms with Gasteiger partial charge in [-0.1, -0.05) is 19.8 Å². The molecule has 2 aliphatic rings. The summed E-state index contributed by atoms with van der Waals surface area (Å²) in [5.74, 6) is 0.619. The van der Waals surface area contributed by atoms with Gasteiger partial charge < -0.3 is 15.5 Å². The minimum atomic E-state index is -0.712. The molecule has 20 heavy (non-hydrogen) atoms. The molecule has 2 fully saturated rings. The molecule has 116 valence electrons. The van der Waals surface area contributed by atoms with Crippen LogP contribution in [0.4, 0.5) is 0 Å². The molecule has 0 aliphatic heterocycles. The van der Waals surface area contributed by atoms with Crippen molar-refractivity contribution in [3.63, 3.8) is 0 Å². The van der Waals surface area contributed by atoms with Crippen LogP contribution in [-0.4, -0.2) is 34.9 Å². The van der Waals surface area contributed by atoms with Crippen LogP contribution in [-0.2, 0) is 4.79 Å². The van der Waals surface area contributed by atoms with Gasteiger partial charge in [-0.2, -0.15) is 0 Å². The van der Waals surface area contributed by atoms with E-state index in [1.54, 1.807) is 0 Å². The first-order chi connectivity index (χ1) is 9.48. The Kier molecular flexibility index (Phi) is 5.44. The van der Waals surface area contributed by atoms with Crippen molar-refractivity contribution in [3.05, 3.63) is 0 Å². The lowest BCUT2D eigenvalue weighted by Crippen LogP contribution is -2.45. The monoisotopic (exact) mass is 283 g/mol. The highest BCUT2D eigenvalue weighted by Gasteiger charge is 2.35. The zero-order valence-electron chi connectivity index (χ0n) is 12.6. The van der Waals surface area contributed by atoms with Crippen LogP contribution in [0.1, 0.15) is 58.3 Å². The standard InChI is InChI=1S/C16H29NO3/c1-12-3-2-4-13(9-12)10-17-11-16(20)7-5-14(6-8-16)15(18)19/h12-14,17,20H,2-11H2,1H3,(H,18,19). The molecule has 0 spiro atoms. The summed E-state index contributed by atoms with van der Waals surface area (Å²) in [5.41, 5.74) is -0.688. The topological polar surface area (TPSA) is 69.6 Å². The van der Waals surface area contributed by atoms with Crippen LogP contribution in [0.25, 0.3) is 0 Å². The van der Waals surface area contributed by atoms with Crippen molar-refractivity contribution >= 4 is 5.97 Å². The SMILES string of the molecule is CC1CCCC(CNCC2(O)CCC(C(=O)O)CC2)C1. The summed E-state index contributed by atoms with van der Waals surface area (Å²) in [7, 11) is 0. The highest BCUT2D eigenvalue weighted by Crippen LogP contribution is 2.32. The van der Waals surface area contributed by atoms with E-state index in [1.807, 2.05) is 0 Å². The summed E-state index contributed by atoms with van der Waals surface area (Å²) in [6.45, 7) is 3.94. The third-order valence-electron chi connectivity index (χ3n) is 5.20. The molecule has 0 aromatic heterocycles. The smallest absolute Gasteiger partial charge is 0.306 e. The lowest BCUT2D eigenvalue weighted by atomic mass is 9.78. The van der Waals surface area contributed by atoms with Crippen LogP contribution in [0.2, 0.25) is 0 Å². The van der Waals surface area contributed by atoms with Gasteiger partial charge >= 0.3 is 5.97 Å². The first kappa shape index (κ1) is 15.8. The number of aliphatic carboxylic acids is 1. The first-order valence-electron chi connectivity index (χ1n) is 8.14. The number of hydrogen-bond donors (Lipinski definition) is 3. The summed E-state index contributed by atoms with van der Waals surface area (Å²) in [5, 5.41) is 22.9. The normalized spacial score (nSPS) is 38.6.